The summed E-state index contributed by atoms with van der Waals surface area (Å²) in [6, 6.07) is 0. The van der Waals surface area contributed by atoms with E-state index in [9.17, 15) is 28.8 Å². The van der Waals surface area contributed by atoms with Crippen molar-refractivity contribution in [1.82, 2.24) is 9.80 Å². The van der Waals surface area contributed by atoms with Gasteiger partial charge in [-0.3, -0.25) is 38.6 Å². The van der Waals surface area contributed by atoms with Crippen molar-refractivity contribution >= 4 is 58.7 Å². The Morgan fingerprint density at radius 2 is 1.12 bits per heavy atom. The molecule has 178 valence electrons. The number of carbonyl (C=O) groups excluding carboxylic acids is 6. The summed E-state index contributed by atoms with van der Waals surface area (Å²) in [7, 11) is 0. The zero-order chi connectivity index (χ0) is 24.0. The summed E-state index contributed by atoms with van der Waals surface area (Å²) in [5, 5.41) is -0.766. The molecule has 0 radical (unpaired) electrons. The van der Waals surface area contributed by atoms with Crippen molar-refractivity contribution in [2.75, 3.05) is 25.6 Å². The van der Waals surface area contributed by atoms with E-state index in [1.54, 1.807) is 12.5 Å². The first-order valence-corrected chi connectivity index (χ1v) is 13.6. The van der Waals surface area contributed by atoms with Crippen LogP contribution in [0.5, 0.6) is 0 Å². The number of carbonyl (C=O) groups is 6. The van der Waals surface area contributed by atoms with Gasteiger partial charge in [-0.15, -0.1) is 0 Å². The molecule has 0 N–H and O–H groups in total. The van der Waals surface area contributed by atoms with E-state index in [-0.39, 0.29) is 84.5 Å². The maximum absolute atomic E-state index is 12.9. The fraction of sp³-hybridized carbons (Fsp3) is 0.727. The smallest absolute Gasteiger partial charge is 0.242 e. The molecule has 2 saturated heterocycles. The van der Waals surface area contributed by atoms with Crippen LogP contribution in [0.1, 0.15) is 52.4 Å². The molecule has 0 aromatic rings. The van der Waals surface area contributed by atoms with Crippen LogP contribution in [-0.2, 0) is 28.8 Å². The van der Waals surface area contributed by atoms with Gasteiger partial charge in [0, 0.05) is 50.6 Å². The molecule has 0 bridgehead atoms. The van der Waals surface area contributed by atoms with Crippen molar-refractivity contribution in [3.63, 3.8) is 0 Å². The van der Waals surface area contributed by atoms with Gasteiger partial charge in [0.1, 0.15) is 11.6 Å². The Balaban J connectivity index is 1.95. The van der Waals surface area contributed by atoms with Crippen molar-refractivity contribution in [2.24, 2.45) is 11.8 Å². The first kappa shape index (κ1) is 26.6. The van der Waals surface area contributed by atoms with Gasteiger partial charge < -0.3 is 0 Å². The third-order valence-corrected chi connectivity index (χ3v) is 8.20. The van der Waals surface area contributed by atoms with Crippen LogP contribution < -0.4 is 0 Å². The largest absolute Gasteiger partial charge is 0.299 e. The summed E-state index contributed by atoms with van der Waals surface area (Å²) in [5.74, 6) is -2.34. The number of amides is 4. The third kappa shape index (κ3) is 5.81. The van der Waals surface area contributed by atoms with E-state index in [1.165, 1.54) is 23.5 Å². The van der Waals surface area contributed by atoms with E-state index < -0.39 is 11.8 Å². The average molecular weight is 485 g/mol. The number of ketones is 2. The van der Waals surface area contributed by atoms with Crippen molar-refractivity contribution in [3.05, 3.63) is 0 Å². The Kier molecular flexibility index (Phi) is 9.94. The molecular formula is C22H32N2O6S2. The van der Waals surface area contributed by atoms with Crippen LogP contribution in [-0.4, -0.2) is 81.1 Å². The second kappa shape index (κ2) is 12.0. The number of likely N-dealkylation sites (tertiary alicyclic amines) is 2. The summed E-state index contributed by atoms with van der Waals surface area (Å²) in [4.78, 5) is 76.8. The highest BCUT2D eigenvalue weighted by molar-refractivity contribution is 8.00. The molecule has 2 aliphatic rings. The normalized spacial score (nSPS) is 23.2. The Morgan fingerprint density at radius 1 is 0.781 bits per heavy atom. The molecule has 0 aliphatic carbocycles. The number of imide groups is 2. The number of Topliss-reactive ketones (excluding diaryl/α,β-unsaturated/α-hetero) is 2. The molecule has 0 saturated carbocycles. The van der Waals surface area contributed by atoms with Crippen LogP contribution in [0, 0.1) is 11.8 Å². The predicted octanol–water partition coefficient (Wildman–Crippen LogP) is 1.94. The number of rotatable bonds is 13. The molecule has 0 aromatic carbocycles. The standard InChI is InChI=1S/C22H32N2O6S2/c1-5-13(15(25)7-9-23-19(27)11-17(31-3)21(23)29)14(6-2)16(26)8-10-24-20(28)12-18(32-4)22(24)30/h13-14,17-18H,5-12H2,1-4H3. The molecule has 10 heteroatoms. The van der Waals surface area contributed by atoms with E-state index in [0.29, 0.717) is 12.8 Å². The second-order valence-electron chi connectivity index (χ2n) is 8.09. The molecule has 4 amide bonds. The molecule has 4 atom stereocenters. The number of hydrogen-bond acceptors (Lipinski definition) is 8. The number of hydrogen-bond donors (Lipinski definition) is 0. The van der Waals surface area contributed by atoms with Crippen molar-refractivity contribution in [2.45, 2.75) is 62.9 Å². The molecule has 2 heterocycles. The topological polar surface area (TPSA) is 109 Å². The Morgan fingerprint density at radius 3 is 1.38 bits per heavy atom. The van der Waals surface area contributed by atoms with Crippen LogP contribution >= 0.6 is 23.5 Å². The van der Waals surface area contributed by atoms with Gasteiger partial charge in [0.15, 0.2) is 0 Å². The molecule has 8 nitrogen and oxygen atoms in total. The van der Waals surface area contributed by atoms with Gasteiger partial charge in [-0.25, -0.2) is 0 Å². The van der Waals surface area contributed by atoms with Crippen molar-refractivity contribution in [1.29, 1.82) is 0 Å². The van der Waals surface area contributed by atoms with Crippen LogP contribution in [0.25, 0.3) is 0 Å². The Bertz CT molecular complexity index is 722. The summed E-state index contributed by atoms with van der Waals surface area (Å²) < 4.78 is 0. The molecule has 2 fully saturated rings. The third-order valence-electron chi connectivity index (χ3n) is 6.33. The van der Waals surface area contributed by atoms with Gasteiger partial charge >= 0.3 is 0 Å². The van der Waals surface area contributed by atoms with Gasteiger partial charge in [0.2, 0.25) is 23.6 Å². The first-order chi connectivity index (χ1) is 15.2. The molecule has 0 aromatic heterocycles. The number of nitrogens with zero attached hydrogens (tertiary/aromatic N) is 2. The van der Waals surface area contributed by atoms with Crippen molar-refractivity contribution in [3.8, 4) is 0 Å². The van der Waals surface area contributed by atoms with E-state index >= 15 is 0 Å². The maximum atomic E-state index is 12.9. The number of thioether (sulfide) groups is 2. The zero-order valence-electron chi connectivity index (χ0n) is 19.1. The summed E-state index contributed by atoms with van der Waals surface area (Å²) >= 11 is 2.66. The van der Waals surface area contributed by atoms with Gasteiger partial charge in [-0.2, -0.15) is 23.5 Å². The molecule has 2 rings (SSSR count). The lowest BCUT2D eigenvalue weighted by Gasteiger charge is -2.25. The van der Waals surface area contributed by atoms with Crippen LogP contribution in [0.2, 0.25) is 0 Å². The van der Waals surface area contributed by atoms with Crippen LogP contribution in [0.3, 0.4) is 0 Å². The van der Waals surface area contributed by atoms with E-state index in [4.69, 9.17) is 0 Å². The second-order valence-corrected chi connectivity index (χ2v) is 10.2. The molecule has 0 spiro atoms. The van der Waals surface area contributed by atoms with Crippen LogP contribution in [0.4, 0.5) is 0 Å². The van der Waals surface area contributed by atoms with Crippen molar-refractivity contribution < 1.29 is 28.8 Å². The van der Waals surface area contributed by atoms with Gasteiger partial charge in [-0.05, 0) is 25.4 Å². The molecule has 4 unspecified atom stereocenters. The lowest BCUT2D eigenvalue weighted by molar-refractivity contribution is -0.141. The summed E-state index contributed by atoms with van der Waals surface area (Å²) in [5.41, 5.74) is 0. The molecular weight excluding hydrogens is 452 g/mol. The minimum absolute atomic E-state index is 0.0272. The lowest BCUT2D eigenvalue weighted by atomic mass is 9.80. The zero-order valence-corrected chi connectivity index (χ0v) is 20.8. The lowest BCUT2D eigenvalue weighted by Crippen LogP contribution is -2.37. The highest BCUT2D eigenvalue weighted by atomic mass is 32.2. The van der Waals surface area contributed by atoms with Gasteiger partial charge in [0.25, 0.3) is 0 Å². The maximum Gasteiger partial charge on any atom is 0.242 e. The minimum Gasteiger partial charge on any atom is -0.299 e. The first-order valence-electron chi connectivity index (χ1n) is 11.0. The highest BCUT2D eigenvalue weighted by Gasteiger charge is 2.40. The molecule has 32 heavy (non-hydrogen) atoms. The SMILES string of the molecule is CCC(C(=O)CCN1C(=O)CC(SC)C1=O)C(CC)C(=O)CCN1C(=O)CC(SC)C1=O. The van der Waals surface area contributed by atoms with Gasteiger partial charge in [0.05, 0.1) is 10.5 Å². The minimum atomic E-state index is -0.513. The highest BCUT2D eigenvalue weighted by Crippen LogP contribution is 2.28. The Labute approximate surface area is 197 Å². The summed E-state index contributed by atoms with van der Waals surface area (Å²) in [6.07, 6.45) is 4.86. The van der Waals surface area contributed by atoms with E-state index in [1.807, 2.05) is 13.8 Å². The monoisotopic (exact) mass is 484 g/mol. The quantitative estimate of drug-likeness (QED) is 0.365. The van der Waals surface area contributed by atoms with E-state index in [2.05, 4.69) is 0 Å². The predicted molar refractivity (Wildman–Crippen MR) is 124 cm³/mol. The van der Waals surface area contributed by atoms with Gasteiger partial charge in [-0.1, -0.05) is 13.8 Å². The summed E-state index contributed by atoms with van der Waals surface area (Å²) in [6.45, 7) is 3.76. The van der Waals surface area contributed by atoms with Crippen LogP contribution in [0.15, 0.2) is 0 Å². The fourth-order valence-corrected chi connectivity index (χ4v) is 5.71. The average Bonchev–Trinajstić information content (AvgIpc) is 3.21. The Hall–Kier alpha value is -1.68. The fourth-order valence-electron chi connectivity index (χ4n) is 4.43. The van der Waals surface area contributed by atoms with E-state index in [0.717, 1.165) is 9.80 Å². The molecule has 2 aliphatic heterocycles.